The Morgan fingerprint density at radius 2 is 0.771 bits per heavy atom. The molecule has 0 unspecified atom stereocenters. The molecule has 0 radical (unpaired) electrons. The number of hydrogen-bond donors (Lipinski definition) is 1. The Morgan fingerprint density at radius 1 is 0.486 bits per heavy atom. The van der Waals surface area contributed by atoms with Crippen LogP contribution in [-0.4, -0.2) is 47.8 Å². The molecule has 1 nitrogen and oxygen atoms in total. The zero-order valence-electron chi connectivity index (χ0n) is 15.9. The molecule has 1 rings (SSSR count). The predicted octanol–water partition coefficient (Wildman–Crippen LogP) is 7.07. The van der Waals surface area contributed by atoms with Crippen LogP contribution in [0.4, 0.5) is 79.0 Å². The standard InChI is InChI=1S/C16H8F18O/c17-9(18,11(21,22)13(25,26)15(29,30)31)7-2-1-3-8(6(7)4-5-35)10(19,20)12(23,24)14(27,28)16(32,33)34/h1-3,35H,4-5H2. The highest BCUT2D eigenvalue weighted by Gasteiger charge is 2.84. The maximum atomic E-state index is 14.3. The fourth-order valence-electron chi connectivity index (χ4n) is 2.64. The molecule has 0 aliphatic rings. The molecule has 0 saturated heterocycles. The van der Waals surface area contributed by atoms with Gasteiger partial charge in [-0.25, -0.2) is 0 Å². The highest BCUT2D eigenvalue weighted by atomic mass is 19.4. The summed E-state index contributed by atoms with van der Waals surface area (Å²) in [7, 11) is 0. The van der Waals surface area contributed by atoms with Crippen LogP contribution in [0, 0.1) is 0 Å². The number of aliphatic hydroxyl groups is 1. The molecule has 0 heterocycles. The monoisotopic (exact) mass is 558 g/mol. The van der Waals surface area contributed by atoms with Crippen LogP contribution >= 0.6 is 0 Å². The predicted molar refractivity (Wildman–Crippen MR) is 76.9 cm³/mol. The van der Waals surface area contributed by atoms with Crippen molar-refractivity contribution in [2.75, 3.05) is 6.61 Å². The number of benzene rings is 1. The highest BCUT2D eigenvalue weighted by Crippen LogP contribution is 2.60. The van der Waals surface area contributed by atoms with Gasteiger partial charge in [0.15, 0.2) is 0 Å². The molecular formula is C16H8F18O. The molecule has 0 bridgehead atoms. The Labute approximate surface area is 181 Å². The molecule has 0 amide bonds. The normalized spacial score (nSPS) is 15.5. The van der Waals surface area contributed by atoms with Crippen LogP contribution in [0.15, 0.2) is 18.2 Å². The molecule has 19 heteroatoms. The van der Waals surface area contributed by atoms with Crippen LogP contribution in [-0.2, 0) is 18.3 Å². The van der Waals surface area contributed by atoms with Crippen molar-refractivity contribution in [3.05, 3.63) is 34.9 Å². The SMILES string of the molecule is OCCc1c(C(F)(F)C(F)(F)C(F)(F)C(F)(F)F)cccc1C(F)(F)C(F)(F)C(F)(F)C(F)(F)F. The van der Waals surface area contributed by atoms with E-state index in [9.17, 15) is 79.0 Å². The summed E-state index contributed by atoms with van der Waals surface area (Å²) >= 11 is 0. The Morgan fingerprint density at radius 3 is 1.00 bits per heavy atom. The first-order valence-electron chi connectivity index (χ1n) is 8.32. The minimum absolute atomic E-state index is 0.406. The van der Waals surface area contributed by atoms with Gasteiger partial charge in [-0.3, -0.25) is 0 Å². The summed E-state index contributed by atoms with van der Waals surface area (Å²) < 4.78 is 238. The molecule has 0 aliphatic heterocycles. The van der Waals surface area contributed by atoms with Gasteiger partial charge in [-0.1, -0.05) is 18.2 Å². The Kier molecular flexibility index (Phi) is 7.52. The van der Waals surface area contributed by atoms with Crippen molar-refractivity contribution in [2.24, 2.45) is 0 Å². The van der Waals surface area contributed by atoms with Crippen LogP contribution in [0.25, 0.3) is 0 Å². The van der Waals surface area contributed by atoms with Crippen LogP contribution in [0.3, 0.4) is 0 Å². The van der Waals surface area contributed by atoms with Crippen LogP contribution in [0.5, 0.6) is 0 Å². The van der Waals surface area contributed by atoms with Crippen LogP contribution in [0.1, 0.15) is 16.7 Å². The number of halogens is 18. The summed E-state index contributed by atoms with van der Waals surface area (Å²) in [6.45, 7) is -1.81. The van der Waals surface area contributed by atoms with Gasteiger partial charge in [-0.05, 0) is 12.0 Å². The zero-order chi connectivity index (χ0) is 28.3. The van der Waals surface area contributed by atoms with Gasteiger partial charge >= 0.3 is 47.9 Å². The van der Waals surface area contributed by atoms with Crippen molar-refractivity contribution >= 4 is 0 Å². The molecular weight excluding hydrogens is 550 g/mol. The second-order valence-corrected chi connectivity index (χ2v) is 6.75. The third-order valence-electron chi connectivity index (χ3n) is 4.50. The summed E-state index contributed by atoms with van der Waals surface area (Å²) in [6, 6.07) is -1.56. The van der Waals surface area contributed by atoms with E-state index in [1.54, 1.807) is 0 Å². The molecule has 1 N–H and O–H groups in total. The average molecular weight is 558 g/mol. The Bertz CT molecular complexity index is 842. The third kappa shape index (κ3) is 4.36. The smallest absolute Gasteiger partial charge is 0.396 e. The van der Waals surface area contributed by atoms with Crippen LogP contribution < -0.4 is 0 Å². The fraction of sp³-hybridized carbons (Fsp3) is 0.625. The van der Waals surface area contributed by atoms with Crippen molar-refractivity contribution in [2.45, 2.75) is 54.3 Å². The molecule has 1 aromatic rings. The first-order valence-corrected chi connectivity index (χ1v) is 8.32. The second kappa shape index (κ2) is 8.50. The molecule has 35 heavy (non-hydrogen) atoms. The van der Waals surface area contributed by atoms with E-state index in [1.165, 1.54) is 0 Å². The van der Waals surface area contributed by atoms with Gasteiger partial charge in [0.05, 0.1) is 0 Å². The van der Waals surface area contributed by atoms with Crippen LogP contribution in [0.2, 0.25) is 0 Å². The van der Waals surface area contributed by atoms with Gasteiger partial charge in [0, 0.05) is 17.7 Å². The first-order chi connectivity index (χ1) is 15.2. The summed E-state index contributed by atoms with van der Waals surface area (Å²) in [5, 5.41) is 8.76. The maximum Gasteiger partial charge on any atom is 0.460 e. The van der Waals surface area contributed by atoms with E-state index in [1.807, 2.05) is 0 Å². The van der Waals surface area contributed by atoms with Gasteiger partial charge < -0.3 is 5.11 Å². The lowest BCUT2D eigenvalue weighted by molar-refractivity contribution is -0.400. The summed E-state index contributed by atoms with van der Waals surface area (Å²) in [5.41, 5.74) is -8.53. The maximum absolute atomic E-state index is 14.3. The van der Waals surface area contributed by atoms with E-state index in [-0.39, 0.29) is 0 Å². The minimum atomic E-state index is -7.61. The van der Waals surface area contributed by atoms with Gasteiger partial charge in [-0.2, -0.15) is 79.0 Å². The molecule has 0 atom stereocenters. The van der Waals surface area contributed by atoms with E-state index in [2.05, 4.69) is 0 Å². The van der Waals surface area contributed by atoms with Gasteiger partial charge in [-0.15, -0.1) is 0 Å². The van der Waals surface area contributed by atoms with E-state index in [4.69, 9.17) is 5.11 Å². The molecule has 204 valence electrons. The Hall–Kier alpha value is -2.08. The van der Waals surface area contributed by atoms with E-state index < -0.39 is 95.8 Å². The number of rotatable bonds is 8. The first kappa shape index (κ1) is 31.0. The van der Waals surface area contributed by atoms with Gasteiger partial charge in [0.25, 0.3) is 0 Å². The molecule has 0 saturated carbocycles. The molecule has 0 spiro atoms. The topological polar surface area (TPSA) is 20.2 Å². The minimum Gasteiger partial charge on any atom is -0.396 e. The largest absolute Gasteiger partial charge is 0.460 e. The number of aliphatic hydroxyl groups excluding tert-OH is 1. The quantitative estimate of drug-likeness (QED) is 0.339. The van der Waals surface area contributed by atoms with Crippen molar-refractivity contribution in [3.8, 4) is 0 Å². The van der Waals surface area contributed by atoms with E-state index >= 15 is 0 Å². The highest BCUT2D eigenvalue weighted by molar-refractivity contribution is 5.43. The molecule has 1 aromatic carbocycles. The van der Waals surface area contributed by atoms with Crippen molar-refractivity contribution in [3.63, 3.8) is 0 Å². The second-order valence-electron chi connectivity index (χ2n) is 6.75. The Balaban J connectivity index is 3.99. The molecule has 0 aliphatic carbocycles. The lowest BCUT2D eigenvalue weighted by Gasteiger charge is -2.37. The van der Waals surface area contributed by atoms with Gasteiger partial charge in [0.1, 0.15) is 0 Å². The fourth-order valence-corrected chi connectivity index (χ4v) is 2.64. The zero-order valence-corrected chi connectivity index (χ0v) is 15.9. The third-order valence-corrected chi connectivity index (χ3v) is 4.50. The molecule has 0 fully saturated rings. The molecule has 0 aromatic heterocycles. The summed E-state index contributed by atoms with van der Waals surface area (Å²) in [6.07, 6.45) is -16.8. The number of alkyl halides is 18. The average Bonchev–Trinajstić information content (AvgIpc) is 2.65. The van der Waals surface area contributed by atoms with E-state index in [0.29, 0.717) is 0 Å². The van der Waals surface area contributed by atoms with Crippen molar-refractivity contribution in [1.82, 2.24) is 0 Å². The van der Waals surface area contributed by atoms with Crippen molar-refractivity contribution < 1.29 is 84.1 Å². The summed E-state index contributed by atoms with van der Waals surface area (Å²) in [4.78, 5) is 0. The lowest BCUT2D eigenvalue weighted by Crippen LogP contribution is -2.60. The van der Waals surface area contributed by atoms with Gasteiger partial charge in [0.2, 0.25) is 0 Å². The number of hydrogen-bond acceptors (Lipinski definition) is 1. The summed E-state index contributed by atoms with van der Waals surface area (Å²) in [5.74, 6) is -44.1. The lowest BCUT2D eigenvalue weighted by atomic mass is 9.85. The van der Waals surface area contributed by atoms with Crippen molar-refractivity contribution in [1.29, 1.82) is 0 Å². The van der Waals surface area contributed by atoms with E-state index in [0.717, 1.165) is 0 Å².